The van der Waals surface area contributed by atoms with E-state index in [4.69, 9.17) is 10.5 Å². The molecule has 0 aliphatic rings. The third kappa shape index (κ3) is 4.49. The molecule has 0 radical (unpaired) electrons. The van der Waals surface area contributed by atoms with E-state index in [-0.39, 0.29) is 11.8 Å². The van der Waals surface area contributed by atoms with Crippen LogP contribution in [0.4, 0.5) is 8.78 Å². The second kappa shape index (κ2) is 7.16. The molecule has 3 nitrogen and oxygen atoms in total. The Morgan fingerprint density at radius 3 is 2.50 bits per heavy atom. The van der Waals surface area contributed by atoms with Gasteiger partial charge in [0.25, 0.3) is 0 Å². The highest BCUT2D eigenvalue weighted by Crippen LogP contribution is 2.30. The highest BCUT2D eigenvalue weighted by Gasteiger charge is 2.12. The summed E-state index contributed by atoms with van der Waals surface area (Å²) >= 11 is 0. The number of hydrogen-bond acceptors (Lipinski definition) is 3. The van der Waals surface area contributed by atoms with E-state index in [1.165, 1.54) is 6.07 Å². The van der Waals surface area contributed by atoms with Crippen LogP contribution in [0.1, 0.15) is 25.8 Å². The average Bonchev–Trinajstić information content (AvgIpc) is 2.32. The lowest BCUT2D eigenvalue weighted by molar-refractivity contribution is -0.0514. The molecule has 1 aromatic rings. The monoisotopic (exact) mass is 259 g/mol. The average molecular weight is 259 g/mol. The van der Waals surface area contributed by atoms with Gasteiger partial charge in [0, 0.05) is 6.04 Å². The van der Waals surface area contributed by atoms with Crippen LogP contribution >= 0.6 is 0 Å². The number of rotatable bonds is 7. The van der Waals surface area contributed by atoms with Crippen molar-refractivity contribution < 1.29 is 18.3 Å². The van der Waals surface area contributed by atoms with Gasteiger partial charge in [-0.3, -0.25) is 0 Å². The Kier molecular flexibility index (Phi) is 5.85. The summed E-state index contributed by atoms with van der Waals surface area (Å²) in [6.45, 7) is 1.33. The quantitative estimate of drug-likeness (QED) is 0.818. The SMILES string of the molecule is CCOc1cc(CC(N)CC)ccc1OC(F)F. The van der Waals surface area contributed by atoms with E-state index in [1.807, 2.05) is 6.92 Å². The molecule has 18 heavy (non-hydrogen) atoms. The maximum absolute atomic E-state index is 12.2. The van der Waals surface area contributed by atoms with Crippen molar-refractivity contribution in [1.29, 1.82) is 0 Å². The largest absolute Gasteiger partial charge is 0.490 e. The molecule has 0 fully saturated rings. The first-order valence-electron chi connectivity index (χ1n) is 6.02. The van der Waals surface area contributed by atoms with E-state index >= 15 is 0 Å². The van der Waals surface area contributed by atoms with Crippen LogP contribution in [0.15, 0.2) is 18.2 Å². The molecule has 0 heterocycles. The van der Waals surface area contributed by atoms with Gasteiger partial charge in [0.15, 0.2) is 11.5 Å². The summed E-state index contributed by atoms with van der Waals surface area (Å²) in [6.07, 6.45) is 1.55. The van der Waals surface area contributed by atoms with E-state index in [2.05, 4.69) is 4.74 Å². The van der Waals surface area contributed by atoms with E-state index < -0.39 is 6.61 Å². The lowest BCUT2D eigenvalue weighted by Crippen LogP contribution is -2.21. The smallest absolute Gasteiger partial charge is 0.387 e. The zero-order valence-electron chi connectivity index (χ0n) is 10.7. The van der Waals surface area contributed by atoms with Crippen molar-refractivity contribution in [3.8, 4) is 11.5 Å². The van der Waals surface area contributed by atoms with Crippen LogP contribution < -0.4 is 15.2 Å². The topological polar surface area (TPSA) is 44.5 Å². The predicted molar refractivity (Wildman–Crippen MR) is 66.2 cm³/mol. The number of benzene rings is 1. The summed E-state index contributed by atoms with van der Waals surface area (Å²) in [5, 5.41) is 0. The Morgan fingerprint density at radius 1 is 1.22 bits per heavy atom. The minimum atomic E-state index is -2.85. The van der Waals surface area contributed by atoms with Gasteiger partial charge in [-0.2, -0.15) is 8.78 Å². The van der Waals surface area contributed by atoms with E-state index in [0.717, 1.165) is 12.0 Å². The molecule has 0 spiro atoms. The second-order valence-electron chi connectivity index (χ2n) is 3.97. The third-order valence-corrected chi connectivity index (χ3v) is 2.55. The minimum Gasteiger partial charge on any atom is -0.490 e. The molecule has 1 aromatic carbocycles. The van der Waals surface area contributed by atoms with E-state index in [9.17, 15) is 8.78 Å². The fourth-order valence-corrected chi connectivity index (χ4v) is 1.59. The molecule has 0 bridgehead atoms. The first kappa shape index (κ1) is 14.7. The number of nitrogens with two attached hydrogens (primary N) is 1. The zero-order chi connectivity index (χ0) is 13.5. The highest BCUT2D eigenvalue weighted by molar-refractivity contribution is 5.43. The van der Waals surface area contributed by atoms with Crippen molar-refractivity contribution in [1.82, 2.24) is 0 Å². The van der Waals surface area contributed by atoms with Crippen LogP contribution in [0.3, 0.4) is 0 Å². The molecule has 0 aliphatic carbocycles. The summed E-state index contributed by atoms with van der Waals surface area (Å²) in [5.74, 6) is 0.388. The summed E-state index contributed by atoms with van der Waals surface area (Å²) in [4.78, 5) is 0. The number of alkyl halides is 2. The molecule has 1 unspecified atom stereocenters. The summed E-state index contributed by atoms with van der Waals surface area (Å²) < 4.78 is 34.1. The van der Waals surface area contributed by atoms with Crippen molar-refractivity contribution >= 4 is 0 Å². The molecule has 1 atom stereocenters. The Balaban J connectivity index is 2.87. The molecule has 0 aliphatic heterocycles. The standard InChI is InChI=1S/C13H19F2NO2/c1-3-10(16)7-9-5-6-11(18-13(14)15)12(8-9)17-4-2/h5-6,8,10,13H,3-4,7,16H2,1-2H3. The van der Waals surface area contributed by atoms with Crippen molar-refractivity contribution in [2.45, 2.75) is 39.3 Å². The number of hydrogen-bond donors (Lipinski definition) is 1. The first-order chi connectivity index (χ1) is 8.56. The lowest BCUT2D eigenvalue weighted by Gasteiger charge is -2.14. The van der Waals surface area contributed by atoms with Crippen molar-refractivity contribution in [3.05, 3.63) is 23.8 Å². The molecular weight excluding hydrogens is 240 g/mol. The fraction of sp³-hybridized carbons (Fsp3) is 0.538. The minimum absolute atomic E-state index is 0.0562. The van der Waals surface area contributed by atoms with Gasteiger partial charge in [-0.15, -0.1) is 0 Å². The summed E-state index contributed by atoms with van der Waals surface area (Å²) in [7, 11) is 0. The molecule has 5 heteroatoms. The molecule has 0 saturated heterocycles. The van der Waals surface area contributed by atoms with Gasteiger partial charge >= 0.3 is 6.61 Å². The van der Waals surface area contributed by atoms with Crippen LogP contribution in [0, 0.1) is 0 Å². The van der Waals surface area contributed by atoms with Gasteiger partial charge in [0.2, 0.25) is 0 Å². The Hall–Kier alpha value is -1.36. The van der Waals surface area contributed by atoms with Gasteiger partial charge in [0.1, 0.15) is 0 Å². The van der Waals surface area contributed by atoms with Crippen molar-refractivity contribution in [2.75, 3.05) is 6.61 Å². The van der Waals surface area contributed by atoms with E-state index in [0.29, 0.717) is 18.8 Å². The molecule has 0 aromatic heterocycles. The predicted octanol–water partition coefficient (Wildman–Crippen LogP) is 2.97. The Bertz CT molecular complexity index is 372. The lowest BCUT2D eigenvalue weighted by atomic mass is 10.0. The Morgan fingerprint density at radius 2 is 1.94 bits per heavy atom. The molecule has 2 N–H and O–H groups in total. The molecule has 0 amide bonds. The van der Waals surface area contributed by atoms with Gasteiger partial charge in [-0.25, -0.2) is 0 Å². The molecule has 0 saturated carbocycles. The van der Waals surface area contributed by atoms with Crippen LogP contribution in [0.2, 0.25) is 0 Å². The first-order valence-corrected chi connectivity index (χ1v) is 6.02. The normalized spacial score (nSPS) is 12.6. The molecule has 1 rings (SSSR count). The summed E-state index contributed by atoms with van der Waals surface area (Å²) in [6, 6.07) is 4.99. The Labute approximate surface area is 106 Å². The highest BCUT2D eigenvalue weighted by atomic mass is 19.3. The number of halogens is 2. The van der Waals surface area contributed by atoms with Crippen LogP contribution in [0.25, 0.3) is 0 Å². The molecular formula is C13H19F2NO2. The van der Waals surface area contributed by atoms with Gasteiger partial charge in [0.05, 0.1) is 6.61 Å². The van der Waals surface area contributed by atoms with Gasteiger partial charge in [-0.05, 0) is 37.5 Å². The van der Waals surface area contributed by atoms with Crippen LogP contribution in [-0.2, 0) is 6.42 Å². The third-order valence-electron chi connectivity index (χ3n) is 2.55. The molecule has 102 valence electrons. The zero-order valence-corrected chi connectivity index (χ0v) is 10.7. The van der Waals surface area contributed by atoms with Crippen molar-refractivity contribution in [2.24, 2.45) is 5.73 Å². The fourth-order valence-electron chi connectivity index (χ4n) is 1.59. The van der Waals surface area contributed by atoms with Crippen molar-refractivity contribution in [3.63, 3.8) is 0 Å². The maximum atomic E-state index is 12.2. The van der Waals surface area contributed by atoms with E-state index in [1.54, 1.807) is 19.1 Å². The number of ether oxygens (including phenoxy) is 2. The summed E-state index contributed by atoms with van der Waals surface area (Å²) in [5.41, 5.74) is 6.81. The van der Waals surface area contributed by atoms with Gasteiger partial charge < -0.3 is 15.2 Å². The second-order valence-corrected chi connectivity index (χ2v) is 3.97. The van der Waals surface area contributed by atoms with Crippen LogP contribution in [0.5, 0.6) is 11.5 Å². The van der Waals surface area contributed by atoms with Gasteiger partial charge in [-0.1, -0.05) is 13.0 Å². The maximum Gasteiger partial charge on any atom is 0.387 e. The van der Waals surface area contributed by atoms with Crippen LogP contribution in [-0.4, -0.2) is 19.3 Å².